The van der Waals surface area contributed by atoms with Gasteiger partial charge in [-0.2, -0.15) is 0 Å². The zero-order chi connectivity index (χ0) is 15.5. The molecule has 0 saturated carbocycles. The molecule has 0 aliphatic carbocycles. The van der Waals surface area contributed by atoms with Crippen LogP contribution in [0.3, 0.4) is 0 Å². The standard InChI is InChI=1S/C16H23N3O2/c1-16(2,3)14(20)12-18-7-9-19(10-8-18)15(21)13-5-4-6-17-11-13/h4-6,11H,7-10,12H2,1-3H3. The Labute approximate surface area is 126 Å². The Bertz CT molecular complexity index is 500. The monoisotopic (exact) mass is 289 g/mol. The molecule has 21 heavy (non-hydrogen) atoms. The van der Waals surface area contributed by atoms with Crippen LogP contribution >= 0.6 is 0 Å². The van der Waals surface area contributed by atoms with Crippen molar-refractivity contribution in [2.75, 3.05) is 32.7 Å². The molecule has 5 heteroatoms. The van der Waals surface area contributed by atoms with Crippen LogP contribution in [0, 0.1) is 5.41 Å². The van der Waals surface area contributed by atoms with E-state index in [1.54, 1.807) is 24.5 Å². The SMILES string of the molecule is CC(C)(C)C(=O)CN1CCN(C(=O)c2cccnc2)CC1. The van der Waals surface area contributed by atoms with Crippen molar-refractivity contribution in [1.29, 1.82) is 0 Å². The minimum atomic E-state index is -0.303. The van der Waals surface area contributed by atoms with Crippen LogP contribution in [0.5, 0.6) is 0 Å². The van der Waals surface area contributed by atoms with Crippen LogP contribution in [0.2, 0.25) is 0 Å². The van der Waals surface area contributed by atoms with E-state index in [4.69, 9.17) is 0 Å². The van der Waals surface area contributed by atoms with E-state index in [9.17, 15) is 9.59 Å². The smallest absolute Gasteiger partial charge is 0.255 e. The number of Topliss-reactive ketones (excluding diaryl/α,β-unsaturated/α-hetero) is 1. The van der Waals surface area contributed by atoms with Crippen LogP contribution in [-0.4, -0.2) is 59.2 Å². The Morgan fingerprint density at radius 3 is 2.38 bits per heavy atom. The van der Waals surface area contributed by atoms with Crippen molar-refractivity contribution in [1.82, 2.24) is 14.8 Å². The van der Waals surface area contributed by atoms with Crippen LogP contribution in [0.25, 0.3) is 0 Å². The van der Waals surface area contributed by atoms with Gasteiger partial charge in [-0.15, -0.1) is 0 Å². The summed E-state index contributed by atoms with van der Waals surface area (Å²) in [5.74, 6) is 0.263. The molecule has 0 bridgehead atoms. The van der Waals surface area contributed by atoms with Crippen molar-refractivity contribution in [3.63, 3.8) is 0 Å². The number of pyridine rings is 1. The number of rotatable bonds is 3. The van der Waals surface area contributed by atoms with E-state index in [0.29, 0.717) is 25.2 Å². The van der Waals surface area contributed by atoms with Gasteiger partial charge >= 0.3 is 0 Å². The lowest BCUT2D eigenvalue weighted by atomic mass is 9.90. The van der Waals surface area contributed by atoms with E-state index in [0.717, 1.165) is 13.1 Å². The molecule has 0 atom stereocenters. The highest BCUT2D eigenvalue weighted by molar-refractivity contribution is 5.94. The summed E-state index contributed by atoms with van der Waals surface area (Å²) in [6.45, 7) is 9.10. The fraction of sp³-hybridized carbons (Fsp3) is 0.562. The minimum absolute atomic E-state index is 0.0184. The Kier molecular flexibility index (Phi) is 4.73. The van der Waals surface area contributed by atoms with Gasteiger partial charge in [-0.05, 0) is 12.1 Å². The van der Waals surface area contributed by atoms with Crippen LogP contribution in [-0.2, 0) is 4.79 Å². The topological polar surface area (TPSA) is 53.5 Å². The number of carbonyl (C=O) groups excluding carboxylic acids is 2. The number of aromatic nitrogens is 1. The molecule has 0 radical (unpaired) electrons. The van der Waals surface area contributed by atoms with E-state index in [1.807, 2.05) is 25.7 Å². The first kappa shape index (κ1) is 15.6. The molecule has 5 nitrogen and oxygen atoms in total. The molecule has 0 aromatic carbocycles. The molecule has 1 fully saturated rings. The van der Waals surface area contributed by atoms with Crippen LogP contribution < -0.4 is 0 Å². The predicted molar refractivity (Wildman–Crippen MR) is 81.0 cm³/mol. The zero-order valence-electron chi connectivity index (χ0n) is 13.0. The van der Waals surface area contributed by atoms with Crippen molar-refractivity contribution < 1.29 is 9.59 Å². The number of hydrogen-bond donors (Lipinski definition) is 0. The number of nitrogens with zero attached hydrogens (tertiary/aromatic N) is 3. The predicted octanol–water partition coefficient (Wildman–Crippen LogP) is 1.45. The van der Waals surface area contributed by atoms with Gasteiger partial charge in [-0.25, -0.2) is 0 Å². The van der Waals surface area contributed by atoms with Crippen molar-refractivity contribution in [2.24, 2.45) is 5.41 Å². The van der Waals surface area contributed by atoms with Crippen molar-refractivity contribution in [3.8, 4) is 0 Å². The Morgan fingerprint density at radius 2 is 1.86 bits per heavy atom. The third kappa shape index (κ3) is 4.11. The highest BCUT2D eigenvalue weighted by Crippen LogP contribution is 2.16. The maximum absolute atomic E-state index is 12.3. The molecular formula is C16H23N3O2. The maximum Gasteiger partial charge on any atom is 0.255 e. The second kappa shape index (κ2) is 6.35. The zero-order valence-corrected chi connectivity index (χ0v) is 13.0. The van der Waals surface area contributed by atoms with Gasteiger partial charge in [0.1, 0.15) is 0 Å². The average Bonchev–Trinajstić information content (AvgIpc) is 2.47. The lowest BCUT2D eigenvalue weighted by Gasteiger charge is -2.35. The molecule has 0 N–H and O–H groups in total. The summed E-state index contributed by atoms with van der Waals surface area (Å²) in [5.41, 5.74) is 0.319. The minimum Gasteiger partial charge on any atom is -0.336 e. The lowest BCUT2D eigenvalue weighted by molar-refractivity contribution is -0.127. The van der Waals surface area contributed by atoms with Gasteiger partial charge in [0, 0.05) is 44.0 Å². The number of piperazine rings is 1. The summed E-state index contributed by atoms with van der Waals surface area (Å²) < 4.78 is 0. The van der Waals surface area contributed by atoms with Crippen LogP contribution in [0.1, 0.15) is 31.1 Å². The van der Waals surface area contributed by atoms with Crippen molar-refractivity contribution >= 4 is 11.7 Å². The maximum atomic E-state index is 12.3. The molecule has 114 valence electrons. The molecule has 1 saturated heterocycles. The van der Waals surface area contributed by atoms with E-state index in [1.165, 1.54) is 0 Å². The third-order valence-corrected chi connectivity index (χ3v) is 3.77. The van der Waals surface area contributed by atoms with Gasteiger partial charge < -0.3 is 4.90 Å². The third-order valence-electron chi connectivity index (χ3n) is 3.77. The van der Waals surface area contributed by atoms with Crippen molar-refractivity contribution in [3.05, 3.63) is 30.1 Å². The second-order valence-corrected chi connectivity index (χ2v) is 6.48. The Morgan fingerprint density at radius 1 is 1.19 bits per heavy atom. The quantitative estimate of drug-likeness (QED) is 0.845. The molecule has 1 aromatic rings. The summed E-state index contributed by atoms with van der Waals surface area (Å²) >= 11 is 0. The number of hydrogen-bond acceptors (Lipinski definition) is 4. The molecule has 2 heterocycles. The molecule has 0 unspecified atom stereocenters. The van der Waals surface area contributed by atoms with E-state index in [2.05, 4.69) is 9.88 Å². The van der Waals surface area contributed by atoms with E-state index < -0.39 is 0 Å². The first-order chi connectivity index (χ1) is 9.88. The molecule has 1 aliphatic heterocycles. The summed E-state index contributed by atoms with van der Waals surface area (Å²) in [7, 11) is 0. The van der Waals surface area contributed by atoms with Gasteiger partial charge in [0.15, 0.2) is 5.78 Å². The second-order valence-electron chi connectivity index (χ2n) is 6.48. The summed E-state index contributed by atoms with van der Waals surface area (Å²) in [4.78, 5) is 32.3. The largest absolute Gasteiger partial charge is 0.336 e. The van der Waals surface area contributed by atoms with Crippen LogP contribution in [0.4, 0.5) is 0 Å². The first-order valence-corrected chi connectivity index (χ1v) is 7.33. The Balaban J connectivity index is 1.86. The molecule has 2 rings (SSSR count). The highest BCUT2D eigenvalue weighted by Gasteiger charge is 2.27. The summed E-state index contributed by atoms with van der Waals surface area (Å²) in [5, 5.41) is 0. The number of carbonyl (C=O) groups is 2. The Hall–Kier alpha value is -1.75. The van der Waals surface area contributed by atoms with Gasteiger partial charge in [-0.1, -0.05) is 20.8 Å². The molecule has 1 amide bonds. The molecule has 1 aliphatic rings. The number of amides is 1. The average molecular weight is 289 g/mol. The fourth-order valence-corrected chi connectivity index (χ4v) is 2.22. The summed E-state index contributed by atoms with van der Waals surface area (Å²) in [6.07, 6.45) is 3.25. The van der Waals surface area contributed by atoms with Crippen LogP contribution in [0.15, 0.2) is 24.5 Å². The summed E-state index contributed by atoms with van der Waals surface area (Å²) in [6, 6.07) is 3.55. The molecule has 0 spiro atoms. The van der Waals surface area contributed by atoms with Gasteiger partial charge in [0.2, 0.25) is 0 Å². The molecule has 1 aromatic heterocycles. The van der Waals surface area contributed by atoms with E-state index in [-0.39, 0.29) is 17.1 Å². The lowest BCUT2D eigenvalue weighted by Crippen LogP contribution is -2.50. The highest BCUT2D eigenvalue weighted by atomic mass is 16.2. The first-order valence-electron chi connectivity index (χ1n) is 7.33. The van der Waals surface area contributed by atoms with Gasteiger partial charge in [0.25, 0.3) is 5.91 Å². The van der Waals surface area contributed by atoms with Gasteiger partial charge in [-0.3, -0.25) is 19.5 Å². The number of ketones is 1. The normalized spacial score (nSPS) is 16.8. The van der Waals surface area contributed by atoms with Crippen molar-refractivity contribution in [2.45, 2.75) is 20.8 Å². The van der Waals surface area contributed by atoms with E-state index >= 15 is 0 Å². The molecular weight excluding hydrogens is 266 g/mol. The van der Waals surface area contributed by atoms with Gasteiger partial charge in [0.05, 0.1) is 12.1 Å². The fourth-order valence-electron chi connectivity index (χ4n) is 2.22.